The summed E-state index contributed by atoms with van der Waals surface area (Å²) in [6, 6.07) is 0. The standard InChI is InChI=1S/C18H36N2O/c1-6-17(4,5)16-7-9-18(14-19,10-8-16)20-11-12-21-13-15(2)3/h16,20H,2,6-14,19H2,1,3-5H3. The highest BCUT2D eigenvalue weighted by Crippen LogP contribution is 2.43. The van der Waals surface area contributed by atoms with Crippen molar-refractivity contribution >= 4 is 0 Å². The van der Waals surface area contributed by atoms with E-state index in [1.54, 1.807) is 0 Å². The third kappa shape index (κ3) is 5.72. The van der Waals surface area contributed by atoms with Crippen molar-refractivity contribution in [3.8, 4) is 0 Å². The molecular formula is C18H36N2O. The summed E-state index contributed by atoms with van der Waals surface area (Å²) in [5, 5.41) is 3.67. The fourth-order valence-corrected chi connectivity index (χ4v) is 3.33. The van der Waals surface area contributed by atoms with Crippen molar-refractivity contribution in [1.82, 2.24) is 5.32 Å². The Bertz CT molecular complexity index is 317. The van der Waals surface area contributed by atoms with Gasteiger partial charge in [0, 0.05) is 18.6 Å². The molecule has 0 bridgehead atoms. The third-order valence-electron chi connectivity index (χ3n) is 5.44. The minimum Gasteiger partial charge on any atom is -0.376 e. The summed E-state index contributed by atoms with van der Waals surface area (Å²) >= 11 is 0. The Morgan fingerprint density at radius 2 is 2.00 bits per heavy atom. The van der Waals surface area contributed by atoms with E-state index >= 15 is 0 Å². The molecule has 0 radical (unpaired) electrons. The van der Waals surface area contributed by atoms with Crippen LogP contribution in [0.1, 0.15) is 59.8 Å². The van der Waals surface area contributed by atoms with Crippen LogP contribution in [0.2, 0.25) is 0 Å². The molecule has 0 unspecified atom stereocenters. The number of nitrogens with one attached hydrogen (secondary N) is 1. The lowest BCUT2D eigenvalue weighted by Crippen LogP contribution is -2.55. The van der Waals surface area contributed by atoms with Gasteiger partial charge in [-0.15, -0.1) is 0 Å². The summed E-state index contributed by atoms with van der Waals surface area (Å²) in [5.41, 5.74) is 7.74. The maximum absolute atomic E-state index is 6.07. The lowest BCUT2D eigenvalue weighted by molar-refractivity contribution is 0.0918. The smallest absolute Gasteiger partial charge is 0.0672 e. The molecule has 3 heteroatoms. The second kappa shape index (κ2) is 8.30. The van der Waals surface area contributed by atoms with Crippen LogP contribution in [0.4, 0.5) is 0 Å². The summed E-state index contributed by atoms with van der Waals surface area (Å²) < 4.78 is 5.57. The first kappa shape index (κ1) is 18.7. The summed E-state index contributed by atoms with van der Waals surface area (Å²) in [7, 11) is 0. The van der Waals surface area contributed by atoms with Crippen molar-refractivity contribution in [1.29, 1.82) is 0 Å². The molecule has 1 fully saturated rings. The highest BCUT2D eigenvalue weighted by atomic mass is 16.5. The Balaban J connectivity index is 2.37. The Morgan fingerprint density at radius 1 is 1.38 bits per heavy atom. The van der Waals surface area contributed by atoms with Crippen LogP contribution in [0, 0.1) is 11.3 Å². The van der Waals surface area contributed by atoms with Crippen LogP contribution in [0.5, 0.6) is 0 Å². The molecule has 1 aliphatic rings. The van der Waals surface area contributed by atoms with Crippen molar-refractivity contribution in [2.45, 2.75) is 65.3 Å². The Hall–Kier alpha value is -0.380. The number of rotatable bonds is 9. The summed E-state index contributed by atoms with van der Waals surface area (Å²) in [4.78, 5) is 0. The second-order valence-corrected chi connectivity index (χ2v) is 7.54. The monoisotopic (exact) mass is 296 g/mol. The molecule has 1 saturated carbocycles. The molecule has 21 heavy (non-hydrogen) atoms. The first-order chi connectivity index (χ1) is 9.85. The quantitative estimate of drug-likeness (QED) is 0.506. The molecule has 0 aromatic heterocycles. The van der Waals surface area contributed by atoms with Crippen LogP contribution in [-0.2, 0) is 4.74 Å². The normalized spacial score (nSPS) is 26.8. The van der Waals surface area contributed by atoms with Crippen LogP contribution in [0.25, 0.3) is 0 Å². The molecule has 0 heterocycles. The van der Waals surface area contributed by atoms with Crippen LogP contribution in [-0.4, -0.2) is 31.8 Å². The molecule has 0 saturated heterocycles. The maximum atomic E-state index is 6.07. The van der Waals surface area contributed by atoms with E-state index in [0.29, 0.717) is 12.0 Å². The van der Waals surface area contributed by atoms with Crippen molar-refractivity contribution in [3.05, 3.63) is 12.2 Å². The molecule has 0 atom stereocenters. The van der Waals surface area contributed by atoms with Crippen LogP contribution in [0.15, 0.2) is 12.2 Å². The van der Waals surface area contributed by atoms with E-state index in [4.69, 9.17) is 10.5 Å². The van der Waals surface area contributed by atoms with Gasteiger partial charge in [-0.05, 0) is 43.9 Å². The van der Waals surface area contributed by atoms with Crippen LogP contribution in [0.3, 0.4) is 0 Å². The third-order valence-corrected chi connectivity index (χ3v) is 5.44. The van der Waals surface area contributed by atoms with E-state index < -0.39 is 0 Å². The molecular weight excluding hydrogens is 260 g/mol. The van der Waals surface area contributed by atoms with Gasteiger partial charge >= 0.3 is 0 Å². The van der Waals surface area contributed by atoms with Crippen molar-refractivity contribution in [2.24, 2.45) is 17.1 Å². The van der Waals surface area contributed by atoms with E-state index in [2.05, 4.69) is 32.7 Å². The highest BCUT2D eigenvalue weighted by molar-refractivity contribution is 4.96. The maximum Gasteiger partial charge on any atom is 0.0672 e. The van der Waals surface area contributed by atoms with E-state index in [1.165, 1.54) is 32.1 Å². The predicted molar refractivity (Wildman–Crippen MR) is 91.5 cm³/mol. The molecule has 3 N–H and O–H groups in total. The Morgan fingerprint density at radius 3 is 2.48 bits per heavy atom. The van der Waals surface area contributed by atoms with E-state index in [9.17, 15) is 0 Å². The van der Waals surface area contributed by atoms with Gasteiger partial charge in [-0.1, -0.05) is 39.3 Å². The summed E-state index contributed by atoms with van der Waals surface area (Å²) in [5.74, 6) is 0.837. The first-order valence-electron chi connectivity index (χ1n) is 8.52. The van der Waals surface area contributed by atoms with Crippen LogP contribution >= 0.6 is 0 Å². The van der Waals surface area contributed by atoms with Gasteiger partial charge in [0.1, 0.15) is 0 Å². The molecule has 0 aliphatic heterocycles. The van der Waals surface area contributed by atoms with Crippen molar-refractivity contribution < 1.29 is 4.74 Å². The molecule has 0 amide bonds. The Kier molecular flexibility index (Phi) is 7.38. The molecule has 0 aromatic carbocycles. The number of ether oxygens (including phenoxy) is 1. The summed E-state index contributed by atoms with van der Waals surface area (Å²) in [6.07, 6.45) is 6.22. The highest BCUT2D eigenvalue weighted by Gasteiger charge is 2.38. The average Bonchev–Trinajstić information content (AvgIpc) is 2.47. The van der Waals surface area contributed by atoms with Gasteiger partial charge in [0.25, 0.3) is 0 Å². The topological polar surface area (TPSA) is 47.3 Å². The molecule has 0 spiro atoms. The van der Waals surface area contributed by atoms with Gasteiger partial charge < -0.3 is 15.8 Å². The molecule has 3 nitrogen and oxygen atoms in total. The van der Waals surface area contributed by atoms with Crippen LogP contribution < -0.4 is 11.1 Å². The van der Waals surface area contributed by atoms with Crippen molar-refractivity contribution in [2.75, 3.05) is 26.3 Å². The largest absolute Gasteiger partial charge is 0.376 e. The molecule has 124 valence electrons. The van der Waals surface area contributed by atoms with Crippen molar-refractivity contribution in [3.63, 3.8) is 0 Å². The molecule has 0 aromatic rings. The first-order valence-corrected chi connectivity index (χ1v) is 8.52. The zero-order chi connectivity index (χ0) is 15.9. The van der Waals surface area contributed by atoms with Gasteiger partial charge in [-0.25, -0.2) is 0 Å². The van der Waals surface area contributed by atoms with E-state index in [0.717, 1.165) is 31.2 Å². The molecule has 1 rings (SSSR count). The molecule has 1 aliphatic carbocycles. The van der Waals surface area contributed by atoms with E-state index in [-0.39, 0.29) is 5.54 Å². The lowest BCUT2D eigenvalue weighted by Gasteiger charge is -2.45. The summed E-state index contributed by atoms with van der Waals surface area (Å²) in [6.45, 7) is 16.0. The zero-order valence-electron chi connectivity index (χ0n) is 14.6. The fourth-order valence-electron chi connectivity index (χ4n) is 3.33. The average molecular weight is 296 g/mol. The van der Waals surface area contributed by atoms with E-state index in [1.807, 2.05) is 6.92 Å². The van der Waals surface area contributed by atoms with Gasteiger partial charge in [-0.2, -0.15) is 0 Å². The Labute approximate surface area is 131 Å². The lowest BCUT2D eigenvalue weighted by atomic mass is 9.65. The second-order valence-electron chi connectivity index (χ2n) is 7.54. The van der Waals surface area contributed by atoms with Gasteiger partial charge in [0.05, 0.1) is 13.2 Å². The van der Waals surface area contributed by atoms with Gasteiger partial charge in [-0.3, -0.25) is 0 Å². The SMILES string of the molecule is C=C(C)COCCNC1(CN)CCC(C(C)(C)CC)CC1. The number of hydrogen-bond donors (Lipinski definition) is 2. The predicted octanol–water partition coefficient (Wildman–Crippen LogP) is 3.49. The fraction of sp³-hybridized carbons (Fsp3) is 0.889. The minimum atomic E-state index is 0.132. The number of nitrogens with two attached hydrogens (primary N) is 1. The van der Waals surface area contributed by atoms with Gasteiger partial charge in [0.2, 0.25) is 0 Å². The van der Waals surface area contributed by atoms with Gasteiger partial charge in [0.15, 0.2) is 0 Å². The number of hydrogen-bond acceptors (Lipinski definition) is 3. The minimum absolute atomic E-state index is 0.132. The zero-order valence-corrected chi connectivity index (χ0v) is 14.6.